The average molecular weight is 153 g/mol. The van der Waals surface area contributed by atoms with E-state index in [9.17, 15) is 0 Å². The molecule has 0 spiro atoms. The van der Waals surface area contributed by atoms with Crippen LogP contribution in [0.3, 0.4) is 0 Å². The third-order valence-electron chi connectivity index (χ3n) is 1.94. The van der Waals surface area contributed by atoms with Crippen molar-refractivity contribution in [2.24, 2.45) is 0 Å². The second-order valence-corrected chi connectivity index (χ2v) is 3.33. The van der Waals surface area contributed by atoms with Crippen LogP contribution in [0.1, 0.15) is 17.9 Å². The minimum absolute atomic E-state index is 0.405. The van der Waals surface area contributed by atoms with Crippen molar-refractivity contribution in [2.75, 3.05) is 0 Å². The molecule has 0 bridgehead atoms. The fourth-order valence-corrected chi connectivity index (χ4v) is 1.55. The SMILES string of the molecule is Cl[C@H]1C[C@H]1c1ccccc1. The molecule has 1 aromatic carbocycles. The zero-order valence-electron chi connectivity index (χ0n) is 5.63. The van der Waals surface area contributed by atoms with Gasteiger partial charge in [-0.05, 0) is 12.0 Å². The average Bonchev–Trinajstić information content (AvgIpc) is 2.69. The Bertz CT molecular complexity index is 217. The van der Waals surface area contributed by atoms with Gasteiger partial charge in [0.15, 0.2) is 0 Å². The first-order chi connectivity index (χ1) is 4.88. The van der Waals surface area contributed by atoms with Gasteiger partial charge in [-0.1, -0.05) is 30.3 Å². The van der Waals surface area contributed by atoms with Gasteiger partial charge in [-0.15, -0.1) is 11.6 Å². The van der Waals surface area contributed by atoms with E-state index in [1.807, 2.05) is 6.07 Å². The summed E-state index contributed by atoms with van der Waals surface area (Å²) in [5, 5.41) is 0.405. The fourth-order valence-electron chi connectivity index (χ4n) is 1.21. The van der Waals surface area contributed by atoms with Gasteiger partial charge in [0.2, 0.25) is 0 Å². The Balaban J connectivity index is 2.20. The van der Waals surface area contributed by atoms with Crippen molar-refractivity contribution in [3.63, 3.8) is 0 Å². The maximum absolute atomic E-state index is 5.89. The zero-order chi connectivity index (χ0) is 6.97. The van der Waals surface area contributed by atoms with Crippen LogP contribution in [0.4, 0.5) is 0 Å². The normalized spacial score (nSPS) is 30.1. The van der Waals surface area contributed by atoms with Gasteiger partial charge in [-0.2, -0.15) is 0 Å². The van der Waals surface area contributed by atoms with Crippen LogP contribution in [0.15, 0.2) is 30.3 Å². The molecule has 10 heavy (non-hydrogen) atoms. The monoisotopic (exact) mass is 152 g/mol. The summed E-state index contributed by atoms with van der Waals surface area (Å²) in [7, 11) is 0. The number of rotatable bonds is 1. The van der Waals surface area contributed by atoms with Crippen LogP contribution < -0.4 is 0 Å². The maximum atomic E-state index is 5.89. The molecular formula is C9H9Cl. The summed E-state index contributed by atoms with van der Waals surface area (Å²) in [6.45, 7) is 0. The lowest BCUT2D eigenvalue weighted by atomic mass is 10.1. The third-order valence-corrected chi connectivity index (χ3v) is 2.42. The van der Waals surface area contributed by atoms with Gasteiger partial charge in [0.05, 0.1) is 0 Å². The lowest BCUT2D eigenvalue weighted by molar-refractivity contribution is 1.13. The highest BCUT2D eigenvalue weighted by Gasteiger charge is 2.35. The largest absolute Gasteiger partial charge is 0.122 e. The lowest BCUT2D eigenvalue weighted by Gasteiger charge is -1.93. The molecule has 1 fully saturated rings. The third kappa shape index (κ3) is 1.04. The molecule has 0 radical (unpaired) electrons. The van der Waals surface area contributed by atoms with Gasteiger partial charge in [-0.25, -0.2) is 0 Å². The molecule has 2 rings (SSSR count). The topological polar surface area (TPSA) is 0 Å². The molecule has 0 N–H and O–H groups in total. The quantitative estimate of drug-likeness (QED) is 0.543. The summed E-state index contributed by atoms with van der Waals surface area (Å²) >= 11 is 5.89. The minimum atomic E-state index is 0.405. The van der Waals surface area contributed by atoms with E-state index in [1.54, 1.807) is 0 Å². The van der Waals surface area contributed by atoms with Crippen molar-refractivity contribution in [3.05, 3.63) is 35.9 Å². The van der Waals surface area contributed by atoms with E-state index in [-0.39, 0.29) is 0 Å². The predicted octanol–water partition coefficient (Wildman–Crippen LogP) is 2.78. The Labute approximate surface area is 65.8 Å². The number of alkyl halides is 1. The number of halogens is 1. The maximum Gasteiger partial charge on any atom is 0.0411 e. The van der Waals surface area contributed by atoms with Crippen molar-refractivity contribution in [1.82, 2.24) is 0 Å². The van der Waals surface area contributed by atoms with Crippen LogP contribution in [0.25, 0.3) is 0 Å². The first-order valence-electron chi connectivity index (χ1n) is 3.57. The Kier molecular flexibility index (Phi) is 1.42. The van der Waals surface area contributed by atoms with Crippen LogP contribution in [0, 0.1) is 0 Å². The predicted molar refractivity (Wildman–Crippen MR) is 43.4 cm³/mol. The lowest BCUT2D eigenvalue weighted by Crippen LogP contribution is -1.78. The van der Waals surface area contributed by atoms with Gasteiger partial charge in [0.25, 0.3) is 0 Å². The second kappa shape index (κ2) is 2.28. The van der Waals surface area contributed by atoms with Crippen LogP contribution in [0.2, 0.25) is 0 Å². The molecule has 1 aromatic rings. The van der Waals surface area contributed by atoms with E-state index in [0.29, 0.717) is 11.3 Å². The zero-order valence-corrected chi connectivity index (χ0v) is 6.38. The van der Waals surface area contributed by atoms with Gasteiger partial charge in [-0.3, -0.25) is 0 Å². The first kappa shape index (κ1) is 6.23. The van der Waals surface area contributed by atoms with Gasteiger partial charge >= 0.3 is 0 Å². The Morgan fingerprint density at radius 3 is 2.30 bits per heavy atom. The standard InChI is InChI=1S/C9H9Cl/c10-9-6-8(9)7-4-2-1-3-5-7/h1-5,8-9H,6H2/t8-,9-/m0/s1. The molecule has 52 valence electrons. The summed E-state index contributed by atoms with van der Waals surface area (Å²) in [6.07, 6.45) is 1.16. The molecule has 1 aliphatic rings. The van der Waals surface area contributed by atoms with E-state index < -0.39 is 0 Å². The van der Waals surface area contributed by atoms with E-state index >= 15 is 0 Å². The van der Waals surface area contributed by atoms with E-state index in [0.717, 1.165) is 6.42 Å². The summed E-state index contributed by atoms with van der Waals surface area (Å²) in [5.41, 5.74) is 1.39. The van der Waals surface area contributed by atoms with Crippen molar-refractivity contribution >= 4 is 11.6 Å². The molecule has 0 nitrogen and oxygen atoms in total. The van der Waals surface area contributed by atoms with Crippen molar-refractivity contribution in [1.29, 1.82) is 0 Å². The van der Waals surface area contributed by atoms with Crippen LogP contribution in [-0.2, 0) is 0 Å². The molecule has 0 aliphatic heterocycles. The Hall–Kier alpha value is -0.490. The smallest absolute Gasteiger partial charge is 0.0411 e. The second-order valence-electron chi connectivity index (χ2n) is 2.77. The van der Waals surface area contributed by atoms with Crippen molar-refractivity contribution in [2.45, 2.75) is 17.7 Å². The molecule has 0 aromatic heterocycles. The highest BCUT2D eigenvalue weighted by molar-refractivity contribution is 6.23. The number of hydrogen-bond donors (Lipinski definition) is 0. The molecule has 1 aliphatic carbocycles. The van der Waals surface area contributed by atoms with Gasteiger partial charge in [0.1, 0.15) is 0 Å². The molecule has 1 heteroatoms. The summed E-state index contributed by atoms with van der Waals surface area (Å²) in [5.74, 6) is 0.642. The van der Waals surface area contributed by atoms with Crippen LogP contribution in [0.5, 0.6) is 0 Å². The number of benzene rings is 1. The molecule has 1 saturated carbocycles. The number of hydrogen-bond acceptors (Lipinski definition) is 0. The van der Waals surface area contributed by atoms with E-state index in [2.05, 4.69) is 24.3 Å². The highest BCUT2D eigenvalue weighted by atomic mass is 35.5. The molecule has 2 atom stereocenters. The molecule has 0 heterocycles. The molecular weight excluding hydrogens is 144 g/mol. The Morgan fingerprint density at radius 1 is 1.20 bits per heavy atom. The Morgan fingerprint density at radius 2 is 1.80 bits per heavy atom. The first-order valence-corrected chi connectivity index (χ1v) is 4.00. The summed E-state index contributed by atoms with van der Waals surface area (Å²) < 4.78 is 0. The molecule has 0 saturated heterocycles. The van der Waals surface area contributed by atoms with Gasteiger partial charge in [0, 0.05) is 11.3 Å². The fraction of sp³-hybridized carbons (Fsp3) is 0.333. The highest BCUT2D eigenvalue weighted by Crippen LogP contribution is 2.44. The minimum Gasteiger partial charge on any atom is -0.122 e. The summed E-state index contributed by atoms with van der Waals surface area (Å²) in [4.78, 5) is 0. The van der Waals surface area contributed by atoms with Crippen LogP contribution in [-0.4, -0.2) is 5.38 Å². The van der Waals surface area contributed by atoms with E-state index in [1.165, 1.54) is 5.56 Å². The van der Waals surface area contributed by atoms with Crippen molar-refractivity contribution in [3.8, 4) is 0 Å². The van der Waals surface area contributed by atoms with Crippen molar-refractivity contribution < 1.29 is 0 Å². The molecule has 0 amide bonds. The van der Waals surface area contributed by atoms with E-state index in [4.69, 9.17) is 11.6 Å². The van der Waals surface area contributed by atoms with Gasteiger partial charge < -0.3 is 0 Å². The van der Waals surface area contributed by atoms with Crippen LogP contribution >= 0.6 is 11.6 Å². The molecule has 0 unspecified atom stereocenters. The summed E-state index contributed by atoms with van der Waals surface area (Å²) in [6, 6.07) is 10.5.